The molecule has 0 aliphatic heterocycles. The summed E-state index contributed by atoms with van der Waals surface area (Å²) in [5, 5.41) is 12.6. The Balaban J connectivity index is 1.61. The summed E-state index contributed by atoms with van der Waals surface area (Å²) in [6.45, 7) is 2.52. The van der Waals surface area contributed by atoms with Gasteiger partial charge in [-0.2, -0.15) is 0 Å². The van der Waals surface area contributed by atoms with Crippen LogP contribution in [-0.2, 0) is 16.1 Å². The Morgan fingerprint density at radius 3 is 2.62 bits per heavy atom. The maximum absolute atomic E-state index is 12.0. The highest BCUT2D eigenvalue weighted by atomic mass is 16.5. The molecule has 0 fully saturated rings. The Bertz CT molecular complexity index is 826. The molecular formula is C21H26N4O4. The Hall–Kier alpha value is -3.55. The standard InChI is InChI=1S/C21H26N4O4/c1-15(25-21(27)29-14-16-7-3-2-4-8-16)20(26)24-11-6-12-28-18-10-5-9-17(13-18)19(22)23/h2-5,7-10,13,15H,6,11-12,14H2,1H3,(H3,22,23)(H,24,26)(H,25,27)/t15-/m0/s1. The number of carbonyl (C=O) groups excluding carboxylic acids is 2. The summed E-state index contributed by atoms with van der Waals surface area (Å²) in [6.07, 6.45) is -0.0634. The van der Waals surface area contributed by atoms with E-state index in [2.05, 4.69) is 10.6 Å². The second-order valence-corrected chi connectivity index (χ2v) is 6.36. The average molecular weight is 398 g/mol. The first-order valence-corrected chi connectivity index (χ1v) is 9.28. The van der Waals surface area contributed by atoms with Gasteiger partial charge in [0.25, 0.3) is 0 Å². The molecule has 29 heavy (non-hydrogen) atoms. The van der Waals surface area contributed by atoms with E-state index >= 15 is 0 Å². The predicted molar refractivity (Wildman–Crippen MR) is 110 cm³/mol. The monoisotopic (exact) mass is 398 g/mol. The van der Waals surface area contributed by atoms with Gasteiger partial charge in [-0.1, -0.05) is 42.5 Å². The van der Waals surface area contributed by atoms with E-state index in [1.54, 1.807) is 31.2 Å². The number of nitrogens with one attached hydrogen (secondary N) is 3. The van der Waals surface area contributed by atoms with Crippen LogP contribution in [0.25, 0.3) is 0 Å². The number of benzene rings is 2. The van der Waals surface area contributed by atoms with Crippen LogP contribution in [0.3, 0.4) is 0 Å². The fourth-order valence-electron chi connectivity index (χ4n) is 2.39. The fraction of sp³-hybridized carbons (Fsp3) is 0.286. The molecule has 2 aromatic rings. The highest BCUT2D eigenvalue weighted by Gasteiger charge is 2.15. The minimum Gasteiger partial charge on any atom is -0.494 e. The van der Waals surface area contributed by atoms with Gasteiger partial charge in [0.15, 0.2) is 0 Å². The van der Waals surface area contributed by atoms with Crippen LogP contribution in [0.2, 0.25) is 0 Å². The number of nitrogens with two attached hydrogens (primary N) is 1. The Kier molecular flexibility index (Phi) is 8.50. The number of rotatable bonds is 10. The van der Waals surface area contributed by atoms with Gasteiger partial charge in [0.05, 0.1) is 6.61 Å². The van der Waals surface area contributed by atoms with Gasteiger partial charge in [0.1, 0.15) is 24.2 Å². The summed E-state index contributed by atoms with van der Waals surface area (Å²) in [5.41, 5.74) is 6.91. The van der Waals surface area contributed by atoms with Crippen molar-refractivity contribution in [3.63, 3.8) is 0 Å². The lowest BCUT2D eigenvalue weighted by molar-refractivity contribution is -0.122. The van der Waals surface area contributed by atoms with E-state index in [0.717, 1.165) is 5.56 Å². The lowest BCUT2D eigenvalue weighted by Crippen LogP contribution is -2.45. The van der Waals surface area contributed by atoms with Crippen molar-refractivity contribution in [3.05, 3.63) is 65.7 Å². The summed E-state index contributed by atoms with van der Waals surface area (Å²) in [4.78, 5) is 23.8. The molecule has 0 radical (unpaired) electrons. The molecule has 0 saturated heterocycles. The van der Waals surface area contributed by atoms with E-state index in [1.807, 2.05) is 30.3 Å². The van der Waals surface area contributed by atoms with Crippen LogP contribution in [0.1, 0.15) is 24.5 Å². The van der Waals surface area contributed by atoms with Crippen molar-refractivity contribution < 1.29 is 19.1 Å². The molecule has 0 saturated carbocycles. The first kappa shape index (κ1) is 21.7. The molecule has 0 unspecified atom stereocenters. The third kappa shape index (κ3) is 7.92. The smallest absolute Gasteiger partial charge is 0.408 e. The molecule has 0 bridgehead atoms. The number of amides is 2. The van der Waals surface area contributed by atoms with Gasteiger partial charge in [0, 0.05) is 12.1 Å². The number of carbonyl (C=O) groups is 2. The highest BCUT2D eigenvalue weighted by molar-refractivity contribution is 5.95. The molecule has 0 aliphatic rings. The summed E-state index contributed by atoms with van der Waals surface area (Å²) in [7, 11) is 0. The van der Waals surface area contributed by atoms with E-state index in [9.17, 15) is 9.59 Å². The molecule has 5 N–H and O–H groups in total. The normalized spacial score (nSPS) is 11.2. The molecule has 2 rings (SSSR count). The van der Waals surface area contributed by atoms with Crippen LogP contribution in [0.15, 0.2) is 54.6 Å². The van der Waals surface area contributed by atoms with Crippen LogP contribution >= 0.6 is 0 Å². The average Bonchev–Trinajstić information content (AvgIpc) is 2.72. The minimum atomic E-state index is -0.716. The molecule has 2 aromatic carbocycles. The molecule has 0 aromatic heterocycles. The van der Waals surface area contributed by atoms with E-state index in [-0.39, 0.29) is 18.3 Å². The van der Waals surface area contributed by atoms with E-state index in [1.165, 1.54) is 0 Å². The number of hydrogen-bond donors (Lipinski definition) is 4. The highest BCUT2D eigenvalue weighted by Crippen LogP contribution is 2.12. The molecular weight excluding hydrogens is 372 g/mol. The topological polar surface area (TPSA) is 127 Å². The zero-order valence-corrected chi connectivity index (χ0v) is 16.3. The zero-order chi connectivity index (χ0) is 21.1. The van der Waals surface area contributed by atoms with Crippen molar-refractivity contribution >= 4 is 17.8 Å². The van der Waals surface area contributed by atoms with Crippen LogP contribution in [-0.4, -0.2) is 37.0 Å². The van der Waals surface area contributed by atoms with Gasteiger partial charge in [-0.15, -0.1) is 0 Å². The largest absolute Gasteiger partial charge is 0.494 e. The number of nitrogen functional groups attached to an aromatic ring is 1. The zero-order valence-electron chi connectivity index (χ0n) is 16.3. The summed E-state index contributed by atoms with van der Waals surface area (Å²) in [5.74, 6) is 0.284. The lowest BCUT2D eigenvalue weighted by Gasteiger charge is -2.14. The van der Waals surface area contributed by atoms with E-state index in [0.29, 0.717) is 30.9 Å². The van der Waals surface area contributed by atoms with Gasteiger partial charge in [-0.25, -0.2) is 4.79 Å². The van der Waals surface area contributed by atoms with Crippen molar-refractivity contribution in [3.8, 4) is 5.75 Å². The van der Waals surface area contributed by atoms with Gasteiger partial charge in [-0.3, -0.25) is 10.2 Å². The number of hydrogen-bond acceptors (Lipinski definition) is 5. The third-order valence-electron chi connectivity index (χ3n) is 3.97. The van der Waals surface area contributed by atoms with Crippen molar-refractivity contribution in [2.45, 2.75) is 26.0 Å². The molecule has 8 nitrogen and oxygen atoms in total. The predicted octanol–water partition coefficient (Wildman–Crippen LogP) is 2.17. The maximum atomic E-state index is 12.0. The lowest BCUT2D eigenvalue weighted by atomic mass is 10.2. The SMILES string of the molecule is C[C@H](NC(=O)OCc1ccccc1)C(=O)NCCCOc1cccc(C(=N)N)c1. The maximum Gasteiger partial charge on any atom is 0.408 e. The first-order valence-electron chi connectivity index (χ1n) is 9.28. The fourth-order valence-corrected chi connectivity index (χ4v) is 2.39. The van der Waals surface area contributed by atoms with Crippen molar-refractivity contribution in [2.24, 2.45) is 5.73 Å². The second-order valence-electron chi connectivity index (χ2n) is 6.36. The minimum absolute atomic E-state index is 0.0218. The molecule has 0 aliphatic carbocycles. The van der Waals surface area contributed by atoms with Crippen molar-refractivity contribution in [2.75, 3.05) is 13.2 Å². The van der Waals surface area contributed by atoms with E-state index < -0.39 is 12.1 Å². The van der Waals surface area contributed by atoms with Crippen LogP contribution < -0.4 is 21.1 Å². The van der Waals surface area contributed by atoms with Gasteiger partial charge < -0.3 is 25.8 Å². The van der Waals surface area contributed by atoms with Crippen molar-refractivity contribution in [1.82, 2.24) is 10.6 Å². The Morgan fingerprint density at radius 1 is 1.14 bits per heavy atom. The molecule has 2 amide bonds. The summed E-state index contributed by atoms with van der Waals surface area (Å²) >= 11 is 0. The Labute approximate surface area is 169 Å². The van der Waals surface area contributed by atoms with Gasteiger partial charge >= 0.3 is 6.09 Å². The van der Waals surface area contributed by atoms with Crippen molar-refractivity contribution in [1.29, 1.82) is 5.41 Å². The molecule has 8 heteroatoms. The molecule has 0 heterocycles. The van der Waals surface area contributed by atoms with Crippen LogP contribution in [0.5, 0.6) is 5.75 Å². The second kappa shape index (κ2) is 11.3. The summed E-state index contributed by atoms with van der Waals surface area (Å²) < 4.78 is 10.7. The number of ether oxygens (including phenoxy) is 2. The molecule has 0 spiro atoms. The Morgan fingerprint density at radius 2 is 1.90 bits per heavy atom. The van der Waals surface area contributed by atoms with E-state index in [4.69, 9.17) is 20.6 Å². The summed E-state index contributed by atoms with van der Waals surface area (Å²) in [6, 6.07) is 15.5. The first-order chi connectivity index (χ1) is 14.0. The number of alkyl carbamates (subject to hydrolysis) is 1. The molecule has 1 atom stereocenters. The molecule has 154 valence electrons. The van der Waals surface area contributed by atoms with Gasteiger partial charge in [0.2, 0.25) is 5.91 Å². The van der Waals surface area contributed by atoms with Crippen LogP contribution in [0, 0.1) is 5.41 Å². The van der Waals surface area contributed by atoms with Gasteiger partial charge in [-0.05, 0) is 31.0 Å². The third-order valence-corrected chi connectivity index (χ3v) is 3.97. The quantitative estimate of drug-likeness (QED) is 0.277. The number of amidine groups is 1. The van der Waals surface area contributed by atoms with Crippen LogP contribution in [0.4, 0.5) is 4.79 Å².